The summed E-state index contributed by atoms with van der Waals surface area (Å²) in [6, 6.07) is 9.73. The summed E-state index contributed by atoms with van der Waals surface area (Å²) in [4.78, 5) is 30.7. The normalized spacial score (nSPS) is 16.5. The molecule has 0 bridgehead atoms. The molecular weight excluding hydrogens is 384 g/mol. The number of likely N-dealkylation sites (N-methyl/N-ethyl adjacent to an activating group) is 1. The molecule has 2 heterocycles. The highest BCUT2D eigenvalue weighted by Crippen LogP contribution is 2.26. The average Bonchev–Trinajstić information content (AvgIpc) is 3.18. The maximum Gasteiger partial charge on any atom is 0.237 e. The number of nitrogens with one attached hydrogen (secondary N) is 1. The third-order valence-electron chi connectivity index (χ3n) is 5.65. The molecule has 2 amide bonds. The van der Waals surface area contributed by atoms with Crippen LogP contribution in [0.15, 0.2) is 34.7 Å². The smallest absolute Gasteiger partial charge is 0.237 e. The van der Waals surface area contributed by atoms with E-state index in [0.717, 1.165) is 42.9 Å². The molecule has 2 aromatic rings. The van der Waals surface area contributed by atoms with E-state index in [1.165, 1.54) is 0 Å². The number of methoxy groups -OCH3 is 1. The van der Waals surface area contributed by atoms with E-state index >= 15 is 0 Å². The largest absolute Gasteiger partial charge is 0.459 e. The van der Waals surface area contributed by atoms with Gasteiger partial charge in [-0.1, -0.05) is 18.2 Å². The zero-order valence-corrected chi connectivity index (χ0v) is 18.1. The van der Waals surface area contributed by atoms with Gasteiger partial charge in [-0.3, -0.25) is 19.4 Å². The number of ether oxygens (including phenoxy) is 1. The number of amides is 2. The summed E-state index contributed by atoms with van der Waals surface area (Å²) in [7, 11) is 3.43. The molecule has 1 unspecified atom stereocenters. The van der Waals surface area contributed by atoms with E-state index in [-0.39, 0.29) is 17.9 Å². The molecule has 1 N–H and O–H groups in total. The summed E-state index contributed by atoms with van der Waals surface area (Å²) in [5.74, 6) is 0.862. The average molecular weight is 417 g/mol. The zero-order valence-electron chi connectivity index (χ0n) is 18.1. The Morgan fingerprint density at radius 2 is 1.83 bits per heavy atom. The monoisotopic (exact) mass is 416 g/mol. The quantitative estimate of drug-likeness (QED) is 0.622. The van der Waals surface area contributed by atoms with Gasteiger partial charge in [-0.05, 0) is 19.1 Å². The van der Waals surface area contributed by atoms with Crippen LogP contribution < -0.4 is 5.32 Å². The Kier molecular flexibility index (Phi) is 7.84. The van der Waals surface area contributed by atoms with Crippen LogP contribution in [-0.2, 0) is 14.3 Å². The number of hydrogen-bond acceptors (Lipinski definition) is 6. The van der Waals surface area contributed by atoms with Crippen molar-refractivity contribution in [1.29, 1.82) is 0 Å². The minimum Gasteiger partial charge on any atom is -0.459 e. The lowest BCUT2D eigenvalue weighted by Crippen LogP contribution is -2.51. The van der Waals surface area contributed by atoms with Gasteiger partial charge in [0.05, 0.1) is 25.7 Å². The van der Waals surface area contributed by atoms with Crippen LogP contribution in [0.2, 0.25) is 0 Å². The van der Waals surface area contributed by atoms with Crippen molar-refractivity contribution in [3.05, 3.63) is 36.1 Å². The van der Waals surface area contributed by atoms with Gasteiger partial charge in [-0.25, -0.2) is 0 Å². The Bertz CT molecular complexity index is 812. The van der Waals surface area contributed by atoms with Gasteiger partial charge in [0.1, 0.15) is 11.3 Å². The van der Waals surface area contributed by atoms with Crippen LogP contribution in [0, 0.1) is 0 Å². The fourth-order valence-corrected chi connectivity index (χ4v) is 3.57. The van der Waals surface area contributed by atoms with Crippen LogP contribution in [0.3, 0.4) is 0 Å². The first-order valence-corrected chi connectivity index (χ1v) is 10.4. The molecule has 8 heteroatoms. The molecule has 1 aliphatic rings. The summed E-state index contributed by atoms with van der Waals surface area (Å²) < 4.78 is 10.9. The Labute approximate surface area is 177 Å². The second-order valence-corrected chi connectivity index (χ2v) is 7.76. The molecule has 3 rings (SSSR count). The van der Waals surface area contributed by atoms with E-state index < -0.39 is 0 Å². The predicted octanol–water partition coefficient (Wildman–Crippen LogP) is 1.33. The van der Waals surface area contributed by atoms with Crippen molar-refractivity contribution in [2.24, 2.45) is 0 Å². The van der Waals surface area contributed by atoms with Crippen molar-refractivity contribution in [3.63, 3.8) is 0 Å². The fourth-order valence-electron chi connectivity index (χ4n) is 3.57. The van der Waals surface area contributed by atoms with Crippen LogP contribution in [0.25, 0.3) is 11.0 Å². The number of fused-ring (bicyclic) bond motifs is 1. The second kappa shape index (κ2) is 10.6. The van der Waals surface area contributed by atoms with Crippen molar-refractivity contribution in [2.75, 3.05) is 66.6 Å². The molecule has 0 aliphatic carbocycles. The van der Waals surface area contributed by atoms with Gasteiger partial charge in [-0.15, -0.1) is 0 Å². The van der Waals surface area contributed by atoms with E-state index in [1.807, 2.05) is 44.3 Å². The standard InChI is InChI=1S/C22H32N4O4/c1-17(20-14-18-6-4-5-7-19(18)30-20)24(2)22(28)16-26-11-9-25(10-12-26)15-21(27)23-8-13-29-3/h4-7,14,17H,8-13,15-16H2,1-3H3,(H,23,27). The molecule has 1 saturated heterocycles. The minimum absolute atomic E-state index is 0.0102. The predicted molar refractivity (Wildman–Crippen MR) is 115 cm³/mol. The molecule has 164 valence electrons. The van der Waals surface area contributed by atoms with Gasteiger partial charge in [0.25, 0.3) is 0 Å². The summed E-state index contributed by atoms with van der Waals surface area (Å²) >= 11 is 0. The number of carbonyl (C=O) groups is 2. The molecular formula is C22H32N4O4. The molecule has 8 nitrogen and oxygen atoms in total. The first kappa shape index (κ1) is 22.3. The summed E-state index contributed by atoms with van der Waals surface area (Å²) in [5.41, 5.74) is 0.836. The highest BCUT2D eigenvalue weighted by molar-refractivity contribution is 5.80. The van der Waals surface area contributed by atoms with Crippen molar-refractivity contribution in [1.82, 2.24) is 20.0 Å². The second-order valence-electron chi connectivity index (χ2n) is 7.76. The minimum atomic E-state index is -0.137. The lowest BCUT2D eigenvalue weighted by molar-refractivity contribution is -0.134. The maximum atomic E-state index is 12.8. The molecule has 1 aromatic carbocycles. The number of carbonyl (C=O) groups excluding carboxylic acids is 2. The number of piperazine rings is 1. The first-order valence-electron chi connectivity index (χ1n) is 10.4. The molecule has 1 fully saturated rings. The van der Waals surface area contributed by atoms with Gasteiger partial charge in [0.2, 0.25) is 11.8 Å². The lowest BCUT2D eigenvalue weighted by Gasteiger charge is -2.35. The highest BCUT2D eigenvalue weighted by Gasteiger charge is 2.25. The molecule has 1 aromatic heterocycles. The lowest BCUT2D eigenvalue weighted by atomic mass is 10.2. The molecule has 0 saturated carbocycles. The van der Waals surface area contributed by atoms with Gasteiger partial charge < -0.3 is 19.4 Å². The Hall–Kier alpha value is -2.42. The number of para-hydroxylation sites is 1. The molecule has 30 heavy (non-hydrogen) atoms. The van der Waals surface area contributed by atoms with Gasteiger partial charge >= 0.3 is 0 Å². The molecule has 1 aliphatic heterocycles. The zero-order chi connectivity index (χ0) is 21.5. The number of rotatable bonds is 9. The number of hydrogen-bond donors (Lipinski definition) is 1. The third-order valence-corrected chi connectivity index (χ3v) is 5.65. The topological polar surface area (TPSA) is 78.3 Å². The van der Waals surface area contributed by atoms with Crippen LogP contribution in [0.1, 0.15) is 18.7 Å². The Morgan fingerprint density at radius 1 is 1.17 bits per heavy atom. The van der Waals surface area contributed by atoms with Crippen molar-refractivity contribution < 1.29 is 18.7 Å². The Morgan fingerprint density at radius 3 is 2.50 bits per heavy atom. The summed E-state index contributed by atoms with van der Waals surface area (Å²) in [6.45, 7) is 6.86. The van der Waals surface area contributed by atoms with Crippen molar-refractivity contribution in [2.45, 2.75) is 13.0 Å². The van der Waals surface area contributed by atoms with Crippen molar-refractivity contribution in [3.8, 4) is 0 Å². The maximum absolute atomic E-state index is 12.8. The third kappa shape index (κ3) is 5.81. The number of nitrogens with zero attached hydrogens (tertiary/aromatic N) is 3. The van der Waals surface area contributed by atoms with E-state index in [9.17, 15) is 9.59 Å². The summed E-state index contributed by atoms with van der Waals surface area (Å²) in [6.07, 6.45) is 0. The Balaban J connectivity index is 1.44. The molecule has 0 radical (unpaired) electrons. The number of benzene rings is 1. The van der Waals surface area contributed by atoms with Gasteiger partial charge in [-0.2, -0.15) is 0 Å². The first-order chi connectivity index (χ1) is 14.5. The molecule has 1 atom stereocenters. The van der Waals surface area contributed by atoms with E-state index in [4.69, 9.17) is 9.15 Å². The van der Waals surface area contributed by atoms with Crippen LogP contribution in [-0.4, -0.2) is 93.1 Å². The van der Waals surface area contributed by atoms with Crippen LogP contribution >= 0.6 is 0 Å². The van der Waals surface area contributed by atoms with Gasteiger partial charge in [0.15, 0.2) is 0 Å². The van der Waals surface area contributed by atoms with Crippen LogP contribution in [0.5, 0.6) is 0 Å². The summed E-state index contributed by atoms with van der Waals surface area (Å²) in [5, 5.41) is 3.88. The SMILES string of the molecule is COCCNC(=O)CN1CCN(CC(=O)N(C)C(C)c2cc3ccccc3o2)CC1. The number of furan rings is 1. The van der Waals surface area contributed by atoms with E-state index in [2.05, 4.69) is 15.1 Å². The van der Waals surface area contributed by atoms with E-state index in [0.29, 0.717) is 26.2 Å². The highest BCUT2D eigenvalue weighted by atomic mass is 16.5. The fraction of sp³-hybridized carbons (Fsp3) is 0.545. The van der Waals surface area contributed by atoms with E-state index in [1.54, 1.807) is 12.0 Å². The van der Waals surface area contributed by atoms with Gasteiger partial charge in [0, 0.05) is 52.3 Å². The molecule has 0 spiro atoms. The van der Waals surface area contributed by atoms with Crippen molar-refractivity contribution >= 4 is 22.8 Å². The van der Waals surface area contributed by atoms with Crippen LogP contribution in [0.4, 0.5) is 0 Å².